The molecule has 0 amide bonds. The lowest BCUT2D eigenvalue weighted by Crippen LogP contribution is -2.62. The lowest BCUT2D eigenvalue weighted by atomic mass is 9.43. The molecule has 0 heterocycles. The van der Waals surface area contributed by atoms with Gasteiger partial charge >= 0.3 is 21.3 Å². The van der Waals surface area contributed by atoms with Gasteiger partial charge in [-0.2, -0.15) is 17.2 Å². The highest BCUT2D eigenvalue weighted by atomic mass is 32.2. The number of hydrogen-bond acceptors (Lipinski definition) is 7. The minimum atomic E-state index is -5.67. The predicted octanol–water partition coefficient (Wildman–Crippen LogP) is 3.39. The molecule has 0 aromatic carbocycles. The van der Waals surface area contributed by atoms with Crippen LogP contribution in [0.5, 0.6) is 0 Å². The summed E-state index contributed by atoms with van der Waals surface area (Å²) >= 11 is 0. The number of fused-ring (bicyclic) bond motifs is 5. The summed E-state index contributed by atoms with van der Waals surface area (Å²) in [6, 6.07) is 0. The van der Waals surface area contributed by atoms with Gasteiger partial charge in [0.1, 0.15) is 0 Å². The number of aliphatic hydroxyl groups is 3. The Labute approximate surface area is 217 Å². The van der Waals surface area contributed by atoms with Crippen LogP contribution in [0.2, 0.25) is 0 Å². The number of aliphatic hydroxyl groups excluding tert-OH is 3. The fraction of sp³-hybridized carbons (Fsp3) is 0.962. The Bertz CT molecular complexity index is 976. The first-order valence-electron chi connectivity index (χ1n) is 13.6. The van der Waals surface area contributed by atoms with E-state index in [4.69, 9.17) is 4.55 Å². The van der Waals surface area contributed by atoms with Crippen molar-refractivity contribution in [2.45, 2.75) is 102 Å². The average Bonchev–Trinajstić information content (AvgIpc) is 3.16. The van der Waals surface area contributed by atoms with Crippen LogP contribution in [0.4, 0.5) is 8.78 Å². The molecular formula is C26H42F2O8S. The molecule has 0 aromatic heterocycles. The fourth-order valence-electron chi connectivity index (χ4n) is 8.99. The van der Waals surface area contributed by atoms with E-state index in [-0.39, 0.29) is 53.4 Å². The van der Waals surface area contributed by atoms with E-state index in [0.717, 1.165) is 25.7 Å². The van der Waals surface area contributed by atoms with E-state index in [2.05, 4.69) is 18.6 Å². The average molecular weight is 553 g/mol. The number of esters is 1. The monoisotopic (exact) mass is 552 g/mol. The number of hydrogen-bond donors (Lipinski definition) is 4. The van der Waals surface area contributed by atoms with Crippen molar-refractivity contribution in [1.82, 2.24) is 0 Å². The van der Waals surface area contributed by atoms with Gasteiger partial charge in [-0.05, 0) is 97.7 Å². The SMILES string of the molecule is C[C@H](CCC(=O)OCC(F)(F)S(=O)(=O)O)[C@H]1CC[C@H]2[C@@H]3C(O)C[C@@H]4CC(O)CC[C@]4(C)[C@H]3CC(O)[C@]12C. The first-order chi connectivity index (χ1) is 17.0. The van der Waals surface area contributed by atoms with Crippen LogP contribution < -0.4 is 0 Å². The van der Waals surface area contributed by atoms with Crippen molar-refractivity contribution < 1.29 is 46.6 Å². The number of carbonyl (C=O) groups excluding carboxylic acids is 1. The van der Waals surface area contributed by atoms with E-state index in [9.17, 15) is 37.3 Å². The molecule has 0 aliphatic heterocycles. The molecule has 3 unspecified atom stereocenters. The molecule has 37 heavy (non-hydrogen) atoms. The molecular weight excluding hydrogens is 510 g/mol. The third kappa shape index (κ3) is 4.96. The molecule has 4 aliphatic carbocycles. The van der Waals surface area contributed by atoms with E-state index in [1.807, 2.05) is 6.92 Å². The Hall–Kier alpha value is -0.880. The third-order valence-corrected chi connectivity index (χ3v) is 12.0. The van der Waals surface area contributed by atoms with Gasteiger partial charge in [-0.15, -0.1) is 0 Å². The van der Waals surface area contributed by atoms with Crippen molar-refractivity contribution in [3.8, 4) is 0 Å². The van der Waals surface area contributed by atoms with Gasteiger partial charge in [0, 0.05) is 6.42 Å². The largest absolute Gasteiger partial charge is 0.458 e. The number of rotatable bonds is 7. The number of ether oxygens (including phenoxy) is 1. The highest BCUT2D eigenvalue weighted by molar-refractivity contribution is 7.86. The Morgan fingerprint density at radius 2 is 1.76 bits per heavy atom. The van der Waals surface area contributed by atoms with Crippen molar-refractivity contribution in [1.29, 1.82) is 0 Å². The predicted molar refractivity (Wildman–Crippen MR) is 130 cm³/mol. The zero-order valence-electron chi connectivity index (χ0n) is 21.9. The van der Waals surface area contributed by atoms with Crippen molar-refractivity contribution in [3.05, 3.63) is 0 Å². The van der Waals surface area contributed by atoms with E-state index in [1.165, 1.54) is 0 Å². The molecule has 4 rings (SSSR count). The Kier molecular flexibility index (Phi) is 7.82. The van der Waals surface area contributed by atoms with E-state index in [1.54, 1.807) is 0 Å². The van der Waals surface area contributed by atoms with E-state index in [0.29, 0.717) is 25.7 Å². The molecule has 11 heteroatoms. The van der Waals surface area contributed by atoms with Crippen LogP contribution in [0.1, 0.15) is 78.6 Å². The van der Waals surface area contributed by atoms with E-state index < -0.39 is 45.6 Å². The summed E-state index contributed by atoms with van der Waals surface area (Å²) in [6.07, 6.45) is 4.01. The summed E-state index contributed by atoms with van der Waals surface area (Å²) in [5.74, 6) is -0.352. The summed E-state index contributed by atoms with van der Waals surface area (Å²) in [6.45, 7) is 4.59. The number of carbonyl (C=O) groups is 1. The van der Waals surface area contributed by atoms with Crippen LogP contribution in [0.25, 0.3) is 0 Å². The van der Waals surface area contributed by atoms with Crippen molar-refractivity contribution in [2.24, 2.45) is 46.3 Å². The van der Waals surface area contributed by atoms with Gasteiger partial charge in [-0.1, -0.05) is 20.8 Å². The fourth-order valence-corrected chi connectivity index (χ4v) is 9.20. The Morgan fingerprint density at radius 1 is 1.08 bits per heavy atom. The highest BCUT2D eigenvalue weighted by Gasteiger charge is 2.65. The Balaban J connectivity index is 1.43. The van der Waals surface area contributed by atoms with Gasteiger partial charge < -0.3 is 20.1 Å². The summed E-state index contributed by atoms with van der Waals surface area (Å²) < 4.78 is 61.1. The normalized spacial score (nSPS) is 44.9. The molecule has 4 N–H and O–H groups in total. The molecule has 4 aliphatic rings. The van der Waals surface area contributed by atoms with Crippen LogP contribution in [0.3, 0.4) is 0 Å². The lowest BCUT2D eigenvalue weighted by molar-refractivity contribution is -0.207. The molecule has 11 atom stereocenters. The van der Waals surface area contributed by atoms with Crippen molar-refractivity contribution in [3.63, 3.8) is 0 Å². The molecule has 8 nitrogen and oxygen atoms in total. The Morgan fingerprint density at radius 3 is 2.41 bits per heavy atom. The van der Waals surface area contributed by atoms with Crippen LogP contribution >= 0.6 is 0 Å². The smallest absolute Gasteiger partial charge is 0.402 e. The zero-order valence-corrected chi connectivity index (χ0v) is 22.7. The minimum absolute atomic E-state index is 0.0248. The first-order valence-corrected chi connectivity index (χ1v) is 15.0. The molecule has 0 radical (unpaired) electrons. The van der Waals surface area contributed by atoms with Gasteiger partial charge in [0.15, 0.2) is 6.61 Å². The first kappa shape index (κ1) is 29.1. The van der Waals surface area contributed by atoms with Crippen molar-refractivity contribution in [2.75, 3.05) is 6.61 Å². The summed E-state index contributed by atoms with van der Waals surface area (Å²) in [5.41, 5.74) is -0.482. The maximum Gasteiger partial charge on any atom is 0.402 e. The summed E-state index contributed by atoms with van der Waals surface area (Å²) in [7, 11) is -5.67. The van der Waals surface area contributed by atoms with Gasteiger partial charge in [-0.3, -0.25) is 9.35 Å². The van der Waals surface area contributed by atoms with Crippen LogP contribution in [0.15, 0.2) is 0 Å². The topological polar surface area (TPSA) is 141 Å². The second-order valence-electron chi connectivity index (χ2n) is 12.8. The van der Waals surface area contributed by atoms with Gasteiger partial charge in [0.05, 0.1) is 18.3 Å². The standard InChI is InChI=1S/C26H42F2O8S/c1-14(4-7-22(32)36-13-26(27,28)37(33,34)35)17-5-6-18-23-19(12-21(31)25(17,18)3)24(2)9-8-16(29)10-15(24)11-20(23)30/h14-21,23,29-31H,4-13H2,1-3H3,(H,33,34,35)/t14-,15+,16?,17-,18+,19+,20?,21?,23+,24+,25-/m1/s1. The quantitative estimate of drug-likeness (QED) is 0.278. The molecule has 4 fully saturated rings. The second-order valence-corrected chi connectivity index (χ2v) is 14.4. The van der Waals surface area contributed by atoms with Gasteiger partial charge in [0.2, 0.25) is 0 Å². The number of alkyl halides is 2. The number of halogens is 2. The summed E-state index contributed by atoms with van der Waals surface area (Å²) in [4.78, 5) is 12.1. The van der Waals surface area contributed by atoms with Crippen LogP contribution in [-0.4, -0.2) is 64.4 Å². The maximum absolute atomic E-state index is 13.4. The molecule has 0 bridgehead atoms. The maximum atomic E-state index is 13.4. The third-order valence-electron chi connectivity index (χ3n) is 11.1. The van der Waals surface area contributed by atoms with Crippen molar-refractivity contribution >= 4 is 16.1 Å². The minimum Gasteiger partial charge on any atom is -0.458 e. The second kappa shape index (κ2) is 9.94. The van der Waals surface area contributed by atoms with Gasteiger partial charge in [-0.25, -0.2) is 0 Å². The molecule has 4 saturated carbocycles. The van der Waals surface area contributed by atoms with Gasteiger partial charge in [0.25, 0.3) is 0 Å². The van der Waals surface area contributed by atoms with Crippen LogP contribution in [-0.2, 0) is 19.6 Å². The molecule has 214 valence electrons. The highest BCUT2D eigenvalue weighted by Crippen LogP contribution is 2.68. The molecule has 0 aromatic rings. The molecule has 0 saturated heterocycles. The van der Waals surface area contributed by atoms with E-state index >= 15 is 0 Å². The molecule has 0 spiro atoms. The zero-order chi connectivity index (χ0) is 27.6. The summed E-state index contributed by atoms with van der Waals surface area (Å²) in [5, 5.41) is 28.6. The van der Waals surface area contributed by atoms with Crippen LogP contribution in [0, 0.1) is 46.3 Å². The lowest BCUT2D eigenvalue weighted by Gasteiger charge is -2.63.